The van der Waals surface area contributed by atoms with Crippen LogP contribution in [0.25, 0.3) is 0 Å². The van der Waals surface area contributed by atoms with Crippen molar-refractivity contribution in [1.29, 1.82) is 0 Å². The van der Waals surface area contributed by atoms with Gasteiger partial charge in [-0.1, -0.05) is 6.08 Å². The van der Waals surface area contributed by atoms with Crippen LogP contribution in [0.15, 0.2) is 12.7 Å². The zero-order chi connectivity index (χ0) is 11.6. The van der Waals surface area contributed by atoms with Crippen molar-refractivity contribution in [3.8, 4) is 0 Å². The van der Waals surface area contributed by atoms with Crippen LogP contribution in [-0.2, 0) is 4.74 Å². The number of ether oxygens (including phenoxy) is 1. The molecule has 0 aliphatic carbocycles. The second kappa shape index (κ2) is 5.02. The SMILES string of the molecule is C=CC(N)[C]1O[C@H](CO)[C@H](O)[C@H](O)[C@H]1O. The largest absolute Gasteiger partial charge is 0.394 e. The first kappa shape index (κ1) is 12.6. The maximum Gasteiger partial charge on any atom is 0.149 e. The molecule has 5 atom stereocenters. The van der Waals surface area contributed by atoms with Crippen molar-refractivity contribution in [3.05, 3.63) is 18.8 Å². The van der Waals surface area contributed by atoms with E-state index < -0.39 is 37.1 Å². The molecule has 1 rings (SSSR count). The van der Waals surface area contributed by atoms with Gasteiger partial charge in [0.05, 0.1) is 12.6 Å². The van der Waals surface area contributed by atoms with Crippen LogP contribution in [0, 0.1) is 6.10 Å². The van der Waals surface area contributed by atoms with E-state index in [-0.39, 0.29) is 6.10 Å². The van der Waals surface area contributed by atoms with Crippen molar-refractivity contribution in [3.63, 3.8) is 0 Å². The highest BCUT2D eigenvalue weighted by molar-refractivity contribution is 5.12. The molecule has 0 amide bonds. The third-order valence-corrected chi connectivity index (χ3v) is 2.40. The Morgan fingerprint density at radius 3 is 2.47 bits per heavy atom. The summed E-state index contributed by atoms with van der Waals surface area (Å²) in [6.45, 7) is 2.95. The number of hydrogen-bond donors (Lipinski definition) is 5. The number of hydrogen-bond acceptors (Lipinski definition) is 6. The Kier molecular flexibility index (Phi) is 4.21. The van der Waals surface area contributed by atoms with Gasteiger partial charge in [0.25, 0.3) is 0 Å². The van der Waals surface area contributed by atoms with Crippen LogP contribution < -0.4 is 5.73 Å². The van der Waals surface area contributed by atoms with Crippen LogP contribution in [-0.4, -0.2) is 57.5 Å². The van der Waals surface area contributed by atoms with E-state index in [1.54, 1.807) is 0 Å². The molecule has 1 unspecified atom stereocenters. The first-order chi connectivity index (χ1) is 7.02. The lowest BCUT2D eigenvalue weighted by Gasteiger charge is -2.40. The van der Waals surface area contributed by atoms with Crippen molar-refractivity contribution in [2.75, 3.05) is 6.61 Å². The number of nitrogens with two attached hydrogens (primary N) is 1. The van der Waals surface area contributed by atoms with Gasteiger partial charge in [-0.25, -0.2) is 0 Å². The molecule has 1 aliphatic rings. The predicted octanol–water partition coefficient (Wildman–Crippen LogP) is -2.49. The predicted molar refractivity (Wildman–Crippen MR) is 51.4 cm³/mol. The van der Waals surface area contributed by atoms with Crippen LogP contribution in [0.3, 0.4) is 0 Å². The van der Waals surface area contributed by atoms with E-state index in [1.165, 1.54) is 6.08 Å². The maximum atomic E-state index is 9.54. The van der Waals surface area contributed by atoms with Crippen molar-refractivity contribution >= 4 is 0 Å². The molecule has 87 valence electrons. The van der Waals surface area contributed by atoms with Crippen LogP contribution in [0.5, 0.6) is 0 Å². The quantitative estimate of drug-likeness (QED) is 0.334. The van der Waals surface area contributed by atoms with Gasteiger partial charge in [0.2, 0.25) is 0 Å². The normalized spacial score (nSPS) is 40.1. The van der Waals surface area contributed by atoms with Gasteiger partial charge in [-0.15, -0.1) is 6.58 Å². The Hall–Kier alpha value is -0.500. The zero-order valence-electron chi connectivity index (χ0n) is 8.15. The molecule has 0 spiro atoms. The molecule has 0 aromatic heterocycles. The summed E-state index contributed by atoms with van der Waals surface area (Å²) in [4.78, 5) is 0. The van der Waals surface area contributed by atoms with Crippen molar-refractivity contribution in [2.45, 2.75) is 30.5 Å². The summed E-state index contributed by atoms with van der Waals surface area (Å²) in [5.41, 5.74) is 5.55. The minimum Gasteiger partial charge on any atom is -0.394 e. The Labute approximate surface area is 87.6 Å². The van der Waals surface area contributed by atoms with Gasteiger partial charge in [0, 0.05) is 0 Å². The van der Waals surface area contributed by atoms with Gasteiger partial charge in [-0.3, -0.25) is 0 Å². The van der Waals surface area contributed by atoms with Crippen LogP contribution in [0.4, 0.5) is 0 Å². The summed E-state index contributed by atoms with van der Waals surface area (Å²) in [5.74, 6) is 0. The fourth-order valence-electron chi connectivity index (χ4n) is 1.43. The molecule has 6 heteroatoms. The van der Waals surface area contributed by atoms with Crippen LogP contribution >= 0.6 is 0 Å². The molecule has 6 N–H and O–H groups in total. The molecule has 0 saturated carbocycles. The van der Waals surface area contributed by atoms with E-state index in [0.29, 0.717) is 0 Å². The van der Waals surface area contributed by atoms with Crippen molar-refractivity contribution in [2.24, 2.45) is 5.73 Å². The lowest BCUT2D eigenvalue weighted by atomic mass is 9.92. The highest BCUT2D eigenvalue weighted by atomic mass is 16.5. The monoisotopic (exact) mass is 218 g/mol. The molecule has 0 bridgehead atoms. The highest BCUT2D eigenvalue weighted by Crippen LogP contribution is 2.28. The van der Waals surface area contributed by atoms with Gasteiger partial charge >= 0.3 is 0 Å². The Morgan fingerprint density at radius 2 is 2.00 bits per heavy atom. The van der Waals surface area contributed by atoms with E-state index in [2.05, 4.69) is 6.58 Å². The molecule has 1 heterocycles. The third-order valence-electron chi connectivity index (χ3n) is 2.40. The average Bonchev–Trinajstić information content (AvgIpc) is 2.25. The lowest BCUT2D eigenvalue weighted by molar-refractivity contribution is -0.192. The van der Waals surface area contributed by atoms with E-state index in [4.69, 9.17) is 15.6 Å². The lowest BCUT2D eigenvalue weighted by Crippen LogP contribution is -2.58. The second-order valence-corrected chi connectivity index (χ2v) is 3.43. The summed E-state index contributed by atoms with van der Waals surface area (Å²) in [5, 5.41) is 37.3. The smallest absolute Gasteiger partial charge is 0.149 e. The Bertz CT molecular complexity index is 223. The molecule has 6 nitrogen and oxygen atoms in total. The number of rotatable bonds is 3. The average molecular weight is 218 g/mol. The summed E-state index contributed by atoms with van der Waals surface area (Å²) < 4.78 is 5.09. The number of aliphatic hydroxyl groups excluding tert-OH is 4. The minimum absolute atomic E-state index is 0.00171. The fraction of sp³-hybridized carbons (Fsp3) is 0.667. The summed E-state index contributed by atoms with van der Waals surface area (Å²) >= 11 is 0. The minimum atomic E-state index is -1.42. The molecule has 1 radical (unpaired) electrons. The Balaban J connectivity index is 2.78. The molecule has 1 aliphatic heterocycles. The van der Waals surface area contributed by atoms with Crippen LogP contribution in [0.1, 0.15) is 0 Å². The van der Waals surface area contributed by atoms with Crippen molar-refractivity contribution in [1.82, 2.24) is 0 Å². The second-order valence-electron chi connectivity index (χ2n) is 3.43. The van der Waals surface area contributed by atoms with Gasteiger partial charge in [0.15, 0.2) is 0 Å². The van der Waals surface area contributed by atoms with E-state index >= 15 is 0 Å². The fourth-order valence-corrected chi connectivity index (χ4v) is 1.43. The molecular weight excluding hydrogens is 202 g/mol. The van der Waals surface area contributed by atoms with Gasteiger partial charge in [0.1, 0.15) is 30.5 Å². The van der Waals surface area contributed by atoms with Gasteiger partial charge in [-0.2, -0.15) is 0 Å². The summed E-state index contributed by atoms with van der Waals surface area (Å²) in [7, 11) is 0. The molecule has 0 aromatic rings. The Morgan fingerprint density at radius 1 is 1.40 bits per heavy atom. The first-order valence-corrected chi connectivity index (χ1v) is 4.59. The standard InChI is InChI=1S/C9H16NO5/c1-2-4(10)9-8(14)7(13)6(12)5(3-11)15-9/h2,4-8,11-14H,1,3,10H2/t4?,5-,6+,7+,8-/m1/s1. The summed E-state index contributed by atoms with van der Waals surface area (Å²) in [6, 6.07) is -0.754. The molecule has 0 aromatic carbocycles. The molecule has 15 heavy (non-hydrogen) atoms. The topological polar surface area (TPSA) is 116 Å². The molecule has 1 saturated heterocycles. The van der Waals surface area contributed by atoms with Gasteiger partial charge < -0.3 is 30.9 Å². The highest BCUT2D eigenvalue weighted by Gasteiger charge is 2.45. The van der Waals surface area contributed by atoms with Crippen molar-refractivity contribution < 1.29 is 25.2 Å². The maximum absolute atomic E-state index is 9.54. The number of aliphatic hydroxyl groups is 4. The van der Waals surface area contributed by atoms with E-state index in [0.717, 1.165) is 0 Å². The third kappa shape index (κ3) is 2.36. The van der Waals surface area contributed by atoms with E-state index in [1.807, 2.05) is 0 Å². The first-order valence-electron chi connectivity index (χ1n) is 4.59. The van der Waals surface area contributed by atoms with Gasteiger partial charge in [-0.05, 0) is 0 Å². The van der Waals surface area contributed by atoms with E-state index in [9.17, 15) is 15.3 Å². The molecular formula is C9H16NO5. The summed E-state index contributed by atoms with van der Waals surface area (Å²) in [6.07, 6.45) is -3.79. The zero-order valence-corrected chi connectivity index (χ0v) is 8.15. The molecule has 1 fully saturated rings. The van der Waals surface area contributed by atoms with Crippen LogP contribution in [0.2, 0.25) is 0 Å².